The molecule has 2 aromatic carbocycles. The second-order valence-electron chi connectivity index (χ2n) is 7.62. The molecule has 3 aromatic rings. The van der Waals surface area contributed by atoms with Crippen LogP contribution < -0.4 is 14.8 Å². The lowest BCUT2D eigenvalue weighted by Crippen LogP contribution is -2.41. The number of ether oxygens (including phenoxy) is 2. The van der Waals surface area contributed by atoms with Crippen molar-refractivity contribution in [2.24, 2.45) is 0 Å². The third-order valence-corrected chi connectivity index (χ3v) is 4.88. The van der Waals surface area contributed by atoms with Gasteiger partial charge in [-0.1, -0.05) is 29.8 Å². The molecule has 1 amide bonds. The highest BCUT2D eigenvalue weighted by atomic mass is 16.5. The second-order valence-corrected chi connectivity index (χ2v) is 7.62. The fraction of sp³-hybridized carbons (Fsp3) is 0.318. The normalized spacial score (nSPS) is 17.9. The van der Waals surface area contributed by atoms with Gasteiger partial charge in [0.2, 0.25) is 0 Å². The zero-order chi connectivity index (χ0) is 19.2. The van der Waals surface area contributed by atoms with Crippen molar-refractivity contribution in [1.29, 1.82) is 0 Å². The molecule has 4 rings (SSSR count). The van der Waals surface area contributed by atoms with Crippen LogP contribution in [-0.4, -0.2) is 18.6 Å². The lowest BCUT2D eigenvalue weighted by Gasteiger charge is -2.38. The quantitative estimate of drug-likeness (QED) is 0.725. The number of amides is 1. The molecule has 27 heavy (non-hydrogen) atoms. The maximum atomic E-state index is 12.9. The van der Waals surface area contributed by atoms with E-state index in [0.717, 1.165) is 22.3 Å². The van der Waals surface area contributed by atoms with Gasteiger partial charge in [-0.15, -0.1) is 0 Å². The number of methoxy groups -OCH3 is 1. The van der Waals surface area contributed by atoms with Gasteiger partial charge in [-0.05, 0) is 39.0 Å². The highest BCUT2D eigenvalue weighted by Crippen LogP contribution is 2.40. The largest absolute Gasteiger partial charge is 0.493 e. The molecule has 2 heterocycles. The molecule has 0 spiro atoms. The van der Waals surface area contributed by atoms with E-state index in [1.54, 1.807) is 13.2 Å². The molecule has 5 nitrogen and oxygen atoms in total. The van der Waals surface area contributed by atoms with Crippen molar-refractivity contribution in [3.63, 3.8) is 0 Å². The third kappa shape index (κ3) is 3.25. The third-order valence-electron chi connectivity index (χ3n) is 4.88. The number of furan rings is 1. The molecule has 5 heteroatoms. The Labute approximate surface area is 158 Å². The summed E-state index contributed by atoms with van der Waals surface area (Å²) in [4.78, 5) is 12.9. The smallest absolute Gasteiger partial charge is 0.287 e. The van der Waals surface area contributed by atoms with Gasteiger partial charge in [-0.3, -0.25) is 4.79 Å². The molecule has 1 atom stereocenters. The molecule has 0 saturated carbocycles. The van der Waals surface area contributed by atoms with Crippen LogP contribution in [0.5, 0.6) is 11.5 Å². The monoisotopic (exact) mass is 365 g/mol. The average molecular weight is 365 g/mol. The topological polar surface area (TPSA) is 60.7 Å². The molecule has 0 radical (unpaired) electrons. The molecular formula is C22H23NO4. The number of rotatable bonds is 3. The van der Waals surface area contributed by atoms with Gasteiger partial charge in [0.15, 0.2) is 17.1 Å². The first-order valence-corrected chi connectivity index (χ1v) is 9.03. The zero-order valence-electron chi connectivity index (χ0n) is 16.0. The number of aryl methyl sites for hydroxylation is 1. The van der Waals surface area contributed by atoms with E-state index in [1.807, 2.05) is 51.1 Å². The maximum absolute atomic E-state index is 12.9. The average Bonchev–Trinajstić information content (AvgIpc) is 3.06. The molecule has 0 saturated heterocycles. The van der Waals surface area contributed by atoms with Crippen LogP contribution in [0.3, 0.4) is 0 Å². The Morgan fingerprint density at radius 1 is 1.22 bits per heavy atom. The van der Waals surface area contributed by atoms with E-state index in [1.165, 1.54) is 0 Å². The van der Waals surface area contributed by atoms with Gasteiger partial charge in [0.05, 0.1) is 13.2 Å². The Balaban J connectivity index is 1.66. The lowest BCUT2D eigenvalue weighted by molar-refractivity contribution is 0.0611. The van der Waals surface area contributed by atoms with E-state index >= 15 is 0 Å². The number of hydrogen-bond donors (Lipinski definition) is 1. The minimum atomic E-state index is -0.364. The van der Waals surface area contributed by atoms with Gasteiger partial charge in [0.25, 0.3) is 5.91 Å². The number of hydrogen-bond acceptors (Lipinski definition) is 4. The summed E-state index contributed by atoms with van der Waals surface area (Å²) in [6.07, 6.45) is 0.679. The molecule has 0 aliphatic carbocycles. The molecule has 0 fully saturated rings. The molecule has 1 N–H and O–H groups in total. The first-order valence-electron chi connectivity index (χ1n) is 9.03. The molecule has 1 aliphatic rings. The van der Waals surface area contributed by atoms with Crippen LogP contribution >= 0.6 is 0 Å². The van der Waals surface area contributed by atoms with E-state index < -0.39 is 0 Å². The summed E-state index contributed by atoms with van der Waals surface area (Å²) in [5.74, 6) is 1.45. The van der Waals surface area contributed by atoms with Crippen LogP contribution in [0, 0.1) is 6.92 Å². The van der Waals surface area contributed by atoms with Crippen LogP contribution in [-0.2, 0) is 0 Å². The van der Waals surface area contributed by atoms with Crippen molar-refractivity contribution in [3.05, 3.63) is 59.4 Å². The summed E-state index contributed by atoms with van der Waals surface area (Å²) < 4.78 is 17.2. The second kappa shape index (κ2) is 6.34. The number of fused-ring (bicyclic) bond motifs is 2. The molecule has 140 valence electrons. The predicted molar refractivity (Wildman–Crippen MR) is 103 cm³/mol. The zero-order valence-corrected chi connectivity index (χ0v) is 16.0. The van der Waals surface area contributed by atoms with Crippen LogP contribution in [0.1, 0.15) is 48.0 Å². The number of nitrogens with one attached hydrogen (secondary N) is 1. The number of carbonyl (C=O) groups is 1. The molecule has 1 aliphatic heterocycles. The van der Waals surface area contributed by atoms with Crippen LogP contribution in [0.2, 0.25) is 0 Å². The minimum Gasteiger partial charge on any atom is -0.493 e. The summed E-state index contributed by atoms with van der Waals surface area (Å²) in [6.45, 7) is 6.09. The number of para-hydroxylation sites is 1. The Morgan fingerprint density at radius 2 is 2.04 bits per heavy atom. The van der Waals surface area contributed by atoms with Crippen molar-refractivity contribution in [3.8, 4) is 11.5 Å². The Bertz CT molecular complexity index is 1020. The van der Waals surface area contributed by atoms with Gasteiger partial charge in [-0.2, -0.15) is 0 Å². The van der Waals surface area contributed by atoms with E-state index in [2.05, 4.69) is 11.4 Å². The molecule has 0 unspecified atom stereocenters. The van der Waals surface area contributed by atoms with Gasteiger partial charge < -0.3 is 19.2 Å². The van der Waals surface area contributed by atoms with E-state index in [-0.39, 0.29) is 23.3 Å². The highest BCUT2D eigenvalue weighted by molar-refractivity contribution is 5.97. The van der Waals surface area contributed by atoms with Gasteiger partial charge in [0, 0.05) is 17.4 Å². The van der Waals surface area contributed by atoms with Gasteiger partial charge >= 0.3 is 0 Å². The number of carbonyl (C=O) groups excluding carboxylic acids is 1. The summed E-state index contributed by atoms with van der Waals surface area (Å²) >= 11 is 0. The van der Waals surface area contributed by atoms with E-state index in [0.29, 0.717) is 17.8 Å². The Kier molecular flexibility index (Phi) is 4.10. The SMILES string of the molecule is COc1cccc2cc(C(=O)N[C@H]3CC(C)(C)Oc4ccc(C)cc43)oc12. The van der Waals surface area contributed by atoms with E-state index in [4.69, 9.17) is 13.9 Å². The van der Waals surface area contributed by atoms with Crippen molar-refractivity contribution in [1.82, 2.24) is 5.32 Å². The fourth-order valence-corrected chi connectivity index (χ4v) is 3.64. The standard InChI is InChI=1S/C22H23NO4/c1-13-8-9-17-15(10-13)16(12-22(2,3)27-17)23-21(24)19-11-14-6-5-7-18(25-4)20(14)26-19/h5-11,16H,12H2,1-4H3,(H,23,24)/t16-/m0/s1. The highest BCUT2D eigenvalue weighted by Gasteiger charge is 2.35. The predicted octanol–water partition coefficient (Wildman–Crippen LogP) is 4.78. The van der Waals surface area contributed by atoms with Crippen molar-refractivity contribution in [2.75, 3.05) is 7.11 Å². The van der Waals surface area contributed by atoms with Crippen LogP contribution in [0.25, 0.3) is 11.0 Å². The molecule has 1 aromatic heterocycles. The van der Waals surface area contributed by atoms with Gasteiger partial charge in [-0.25, -0.2) is 0 Å². The Hall–Kier alpha value is -2.95. The molecular weight excluding hydrogens is 342 g/mol. The van der Waals surface area contributed by atoms with E-state index in [9.17, 15) is 4.79 Å². The van der Waals surface area contributed by atoms with Crippen LogP contribution in [0.15, 0.2) is 46.9 Å². The van der Waals surface area contributed by atoms with Crippen molar-refractivity contribution in [2.45, 2.75) is 38.8 Å². The number of benzene rings is 2. The first-order chi connectivity index (χ1) is 12.9. The Morgan fingerprint density at radius 3 is 2.81 bits per heavy atom. The minimum absolute atomic E-state index is 0.147. The van der Waals surface area contributed by atoms with Crippen LogP contribution in [0.4, 0.5) is 0 Å². The summed E-state index contributed by atoms with van der Waals surface area (Å²) in [5.41, 5.74) is 2.34. The van der Waals surface area contributed by atoms with Crippen molar-refractivity contribution >= 4 is 16.9 Å². The molecule has 0 bridgehead atoms. The summed E-state index contributed by atoms with van der Waals surface area (Å²) in [5, 5.41) is 3.96. The van der Waals surface area contributed by atoms with Gasteiger partial charge in [0.1, 0.15) is 11.4 Å². The first kappa shape index (κ1) is 17.5. The summed E-state index contributed by atoms with van der Waals surface area (Å²) in [6, 6.07) is 13.2. The lowest BCUT2D eigenvalue weighted by atomic mass is 9.89. The fourth-order valence-electron chi connectivity index (χ4n) is 3.64. The maximum Gasteiger partial charge on any atom is 0.287 e. The summed E-state index contributed by atoms with van der Waals surface area (Å²) in [7, 11) is 1.58. The van der Waals surface area contributed by atoms with Crippen molar-refractivity contribution < 1.29 is 18.7 Å².